The number of nitrogens with one attached hydrogen (secondary N) is 2. The van der Waals surface area contributed by atoms with E-state index in [9.17, 15) is 9.59 Å². The van der Waals surface area contributed by atoms with Crippen LogP contribution in [0.15, 0.2) is 30.3 Å². The lowest BCUT2D eigenvalue weighted by atomic mass is 9.91. The Morgan fingerprint density at radius 2 is 1.30 bits per heavy atom. The van der Waals surface area contributed by atoms with E-state index >= 15 is 0 Å². The van der Waals surface area contributed by atoms with Crippen molar-refractivity contribution in [1.82, 2.24) is 10.6 Å². The van der Waals surface area contributed by atoms with Crippen LogP contribution >= 0.6 is 0 Å². The van der Waals surface area contributed by atoms with Gasteiger partial charge in [0.15, 0.2) is 0 Å². The lowest BCUT2D eigenvalue weighted by molar-refractivity contribution is -0.137. The lowest BCUT2D eigenvalue weighted by Crippen LogP contribution is -2.40. The summed E-state index contributed by atoms with van der Waals surface area (Å²) >= 11 is 0. The molecule has 5 heteroatoms. The van der Waals surface area contributed by atoms with Crippen molar-refractivity contribution in [1.29, 1.82) is 0 Å². The molecule has 228 valence electrons. The van der Waals surface area contributed by atoms with E-state index in [1.165, 1.54) is 102 Å². The molecule has 0 unspecified atom stereocenters. The van der Waals surface area contributed by atoms with E-state index in [2.05, 4.69) is 41.0 Å². The molecule has 2 fully saturated rings. The van der Waals surface area contributed by atoms with Gasteiger partial charge in [-0.25, -0.2) is 0 Å². The Balaban J connectivity index is 0.000000355. The standard InChI is InChI=1S/C23H37NO3.C12H23N/c1-19(2)17-21(18-23(26)27)24-22(25)16-12-7-5-3-4-6-9-13-20-14-10-8-11-15-20;1-3-7-11(8-4-1)13-12-9-5-2-6-10-12/h8,10-11,14-15,19,21H,3-7,9,12-13,16-18H2,1-2H3,(H,24,25)(H,26,27);11-13H,1-10H2/t21-;/m1./s1. The highest BCUT2D eigenvalue weighted by atomic mass is 16.4. The molecule has 0 bridgehead atoms. The van der Waals surface area contributed by atoms with Crippen molar-refractivity contribution in [2.45, 2.75) is 167 Å². The number of carbonyl (C=O) groups excluding carboxylic acids is 1. The fourth-order valence-electron chi connectivity index (χ4n) is 6.29. The van der Waals surface area contributed by atoms with E-state index in [0.717, 1.165) is 31.3 Å². The molecular formula is C35H60N2O3. The lowest BCUT2D eigenvalue weighted by Gasteiger charge is -2.30. The molecule has 0 heterocycles. The van der Waals surface area contributed by atoms with Gasteiger partial charge in [0.25, 0.3) is 0 Å². The summed E-state index contributed by atoms with van der Waals surface area (Å²) in [6.07, 6.45) is 25.1. The summed E-state index contributed by atoms with van der Waals surface area (Å²) in [7, 11) is 0. The zero-order valence-electron chi connectivity index (χ0n) is 25.8. The molecule has 1 atom stereocenters. The fourth-order valence-corrected chi connectivity index (χ4v) is 6.29. The molecule has 5 nitrogen and oxygen atoms in total. The van der Waals surface area contributed by atoms with E-state index in [0.29, 0.717) is 18.8 Å². The maximum Gasteiger partial charge on any atom is 0.305 e. The summed E-state index contributed by atoms with van der Waals surface area (Å²) in [5, 5.41) is 15.7. The van der Waals surface area contributed by atoms with Gasteiger partial charge in [-0.3, -0.25) is 9.59 Å². The van der Waals surface area contributed by atoms with Gasteiger partial charge in [-0.2, -0.15) is 0 Å². The molecule has 1 aromatic carbocycles. The maximum atomic E-state index is 12.0. The van der Waals surface area contributed by atoms with Crippen molar-refractivity contribution in [2.75, 3.05) is 0 Å². The summed E-state index contributed by atoms with van der Waals surface area (Å²) in [4.78, 5) is 22.9. The molecule has 3 rings (SSSR count). The molecule has 3 N–H and O–H groups in total. The highest BCUT2D eigenvalue weighted by Gasteiger charge is 2.19. The normalized spacial score (nSPS) is 17.2. The van der Waals surface area contributed by atoms with E-state index in [4.69, 9.17) is 5.11 Å². The average Bonchev–Trinajstić information content (AvgIpc) is 2.93. The summed E-state index contributed by atoms with van der Waals surface area (Å²) < 4.78 is 0. The number of carboxylic acids is 1. The molecule has 2 aliphatic carbocycles. The first kappa shape index (κ1) is 34.3. The Bertz CT molecular complexity index is 754. The van der Waals surface area contributed by atoms with E-state index in [1.54, 1.807) is 0 Å². The van der Waals surface area contributed by atoms with Crippen molar-refractivity contribution in [3.63, 3.8) is 0 Å². The number of unbranched alkanes of at least 4 members (excludes halogenated alkanes) is 6. The van der Waals surface area contributed by atoms with Crippen LogP contribution in [0.1, 0.15) is 148 Å². The quantitative estimate of drug-likeness (QED) is 0.168. The highest BCUT2D eigenvalue weighted by molar-refractivity contribution is 5.77. The van der Waals surface area contributed by atoms with Gasteiger partial charge < -0.3 is 15.7 Å². The van der Waals surface area contributed by atoms with Crippen LogP contribution < -0.4 is 10.6 Å². The van der Waals surface area contributed by atoms with Gasteiger partial charge in [-0.05, 0) is 62.8 Å². The number of hydrogen-bond donors (Lipinski definition) is 3. The molecule has 1 amide bonds. The van der Waals surface area contributed by atoms with Crippen molar-refractivity contribution < 1.29 is 14.7 Å². The second-order valence-corrected chi connectivity index (χ2v) is 12.8. The van der Waals surface area contributed by atoms with Crippen LogP contribution in [-0.2, 0) is 16.0 Å². The van der Waals surface area contributed by atoms with E-state index < -0.39 is 5.97 Å². The van der Waals surface area contributed by atoms with Crippen LogP contribution in [0, 0.1) is 5.92 Å². The minimum Gasteiger partial charge on any atom is -0.481 e. The summed E-state index contributed by atoms with van der Waals surface area (Å²) in [6.45, 7) is 4.09. The van der Waals surface area contributed by atoms with Gasteiger partial charge in [-0.15, -0.1) is 0 Å². The molecule has 0 saturated heterocycles. The number of carbonyl (C=O) groups is 2. The van der Waals surface area contributed by atoms with E-state index in [1.807, 2.05) is 13.8 Å². The molecule has 0 aliphatic heterocycles. The molecule has 0 radical (unpaired) electrons. The van der Waals surface area contributed by atoms with Gasteiger partial charge >= 0.3 is 5.97 Å². The first-order valence-electron chi connectivity index (χ1n) is 16.7. The Kier molecular flexibility index (Phi) is 18.7. The van der Waals surface area contributed by atoms with Crippen molar-refractivity contribution in [3.8, 4) is 0 Å². The monoisotopic (exact) mass is 556 g/mol. The van der Waals surface area contributed by atoms with Gasteiger partial charge in [0.05, 0.1) is 6.42 Å². The molecule has 0 spiro atoms. The van der Waals surface area contributed by atoms with Crippen LogP contribution in [0.3, 0.4) is 0 Å². The summed E-state index contributed by atoms with van der Waals surface area (Å²) in [5.74, 6) is -0.491. The highest BCUT2D eigenvalue weighted by Crippen LogP contribution is 2.22. The average molecular weight is 557 g/mol. The fraction of sp³-hybridized carbons (Fsp3) is 0.771. The van der Waals surface area contributed by atoms with Crippen LogP contribution in [-0.4, -0.2) is 35.1 Å². The maximum absolute atomic E-state index is 12.0. The predicted octanol–water partition coefficient (Wildman–Crippen LogP) is 8.60. The predicted molar refractivity (Wildman–Crippen MR) is 168 cm³/mol. The number of rotatable bonds is 17. The number of aliphatic carboxylic acids is 1. The minimum atomic E-state index is -0.854. The van der Waals surface area contributed by atoms with Gasteiger partial charge in [-0.1, -0.05) is 115 Å². The third kappa shape index (κ3) is 17.7. The Labute approximate surface area is 245 Å². The third-order valence-corrected chi connectivity index (χ3v) is 8.44. The first-order chi connectivity index (χ1) is 19.4. The molecule has 1 aromatic rings. The van der Waals surface area contributed by atoms with Crippen LogP contribution in [0.5, 0.6) is 0 Å². The van der Waals surface area contributed by atoms with Gasteiger partial charge in [0.2, 0.25) is 5.91 Å². The zero-order chi connectivity index (χ0) is 28.8. The van der Waals surface area contributed by atoms with Crippen LogP contribution in [0.25, 0.3) is 0 Å². The minimum absolute atomic E-state index is 0.00685. The Hall–Kier alpha value is -1.88. The molecule has 0 aromatic heterocycles. The zero-order valence-corrected chi connectivity index (χ0v) is 25.8. The topological polar surface area (TPSA) is 78.4 Å². The second kappa shape index (κ2) is 21.8. The SMILES string of the molecule is C1CCC(NC2CCCCC2)CC1.CC(C)C[C@H](CC(=O)O)NC(=O)CCCCCCCCCc1ccccc1. The molecule has 2 aliphatic rings. The largest absolute Gasteiger partial charge is 0.481 e. The van der Waals surface area contributed by atoms with Crippen LogP contribution in [0.2, 0.25) is 0 Å². The number of aryl methyl sites for hydroxylation is 1. The summed E-state index contributed by atoms with van der Waals surface area (Å²) in [6, 6.07) is 12.1. The number of amides is 1. The number of carboxylic acid groups (broad SMARTS) is 1. The number of benzene rings is 1. The summed E-state index contributed by atoms with van der Waals surface area (Å²) in [5.41, 5.74) is 1.42. The molecular weight excluding hydrogens is 496 g/mol. The molecule has 2 saturated carbocycles. The van der Waals surface area contributed by atoms with Gasteiger partial charge in [0.1, 0.15) is 0 Å². The Morgan fingerprint density at radius 3 is 1.82 bits per heavy atom. The molecule has 40 heavy (non-hydrogen) atoms. The van der Waals surface area contributed by atoms with E-state index in [-0.39, 0.29) is 18.4 Å². The van der Waals surface area contributed by atoms with Crippen molar-refractivity contribution >= 4 is 11.9 Å². The van der Waals surface area contributed by atoms with Crippen molar-refractivity contribution in [3.05, 3.63) is 35.9 Å². The Morgan fingerprint density at radius 1 is 0.775 bits per heavy atom. The van der Waals surface area contributed by atoms with Crippen molar-refractivity contribution in [2.24, 2.45) is 5.92 Å². The first-order valence-corrected chi connectivity index (χ1v) is 16.7. The van der Waals surface area contributed by atoms with Crippen LogP contribution in [0.4, 0.5) is 0 Å². The smallest absolute Gasteiger partial charge is 0.305 e. The number of hydrogen-bond acceptors (Lipinski definition) is 3. The second-order valence-electron chi connectivity index (χ2n) is 12.8. The third-order valence-electron chi connectivity index (χ3n) is 8.44. The van der Waals surface area contributed by atoms with Gasteiger partial charge in [0, 0.05) is 24.5 Å².